The fourth-order valence-corrected chi connectivity index (χ4v) is 3.68. The molecular formula is C21H30N4O3S. The van der Waals surface area contributed by atoms with E-state index in [9.17, 15) is 13.2 Å². The van der Waals surface area contributed by atoms with Crippen LogP contribution < -0.4 is 5.32 Å². The van der Waals surface area contributed by atoms with Crippen LogP contribution in [0.5, 0.6) is 0 Å². The number of nitrogens with one attached hydrogen (secondary N) is 1. The van der Waals surface area contributed by atoms with Gasteiger partial charge in [-0.15, -0.1) is 0 Å². The number of amides is 1. The molecule has 8 heteroatoms. The monoisotopic (exact) mass is 418 g/mol. The van der Waals surface area contributed by atoms with E-state index in [0.717, 1.165) is 10.00 Å². The zero-order valence-electron chi connectivity index (χ0n) is 17.9. The highest BCUT2D eigenvalue weighted by atomic mass is 32.2. The van der Waals surface area contributed by atoms with Gasteiger partial charge in [0, 0.05) is 45.1 Å². The number of aromatic nitrogens is 1. The smallest absolute Gasteiger partial charge is 0.254 e. The van der Waals surface area contributed by atoms with E-state index < -0.39 is 10.0 Å². The van der Waals surface area contributed by atoms with Gasteiger partial charge in [0.15, 0.2) is 0 Å². The predicted octanol–water partition coefficient (Wildman–Crippen LogP) is 3.23. The van der Waals surface area contributed by atoms with Gasteiger partial charge in [0.1, 0.15) is 0 Å². The van der Waals surface area contributed by atoms with Gasteiger partial charge in [0.25, 0.3) is 5.91 Å². The number of hydrogen-bond acceptors (Lipinski definition) is 5. The van der Waals surface area contributed by atoms with Crippen LogP contribution in [0.3, 0.4) is 0 Å². The number of nitrogens with zero attached hydrogens (tertiary/aromatic N) is 3. The van der Waals surface area contributed by atoms with Crippen LogP contribution >= 0.6 is 0 Å². The van der Waals surface area contributed by atoms with E-state index in [-0.39, 0.29) is 16.8 Å². The highest BCUT2D eigenvalue weighted by Crippen LogP contribution is 2.25. The maximum atomic E-state index is 13.2. The summed E-state index contributed by atoms with van der Waals surface area (Å²) in [6.07, 6.45) is 1.68. The Morgan fingerprint density at radius 1 is 1.10 bits per heavy atom. The summed E-state index contributed by atoms with van der Waals surface area (Å²) in [5, 5.41) is 3.22. The summed E-state index contributed by atoms with van der Waals surface area (Å²) in [5.74, 6) is 0.0988. The molecule has 1 aromatic heterocycles. The molecule has 0 saturated heterocycles. The molecule has 0 aliphatic rings. The van der Waals surface area contributed by atoms with Crippen LogP contribution in [-0.2, 0) is 10.0 Å². The summed E-state index contributed by atoms with van der Waals surface area (Å²) in [6, 6.07) is 9.98. The number of anilines is 1. The average Bonchev–Trinajstić information content (AvgIpc) is 2.70. The minimum absolute atomic E-state index is 0.0819. The lowest BCUT2D eigenvalue weighted by atomic mass is 10.1. The van der Waals surface area contributed by atoms with Gasteiger partial charge < -0.3 is 10.2 Å². The van der Waals surface area contributed by atoms with Crippen molar-refractivity contribution in [3.8, 4) is 0 Å². The first-order valence-electron chi connectivity index (χ1n) is 9.53. The van der Waals surface area contributed by atoms with Gasteiger partial charge >= 0.3 is 0 Å². The zero-order valence-corrected chi connectivity index (χ0v) is 18.7. The molecule has 2 rings (SSSR count). The molecular weight excluding hydrogens is 388 g/mol. The SMILES string of the molecule is CC(C)CNc1cc(C(=O)N(C)[C@@H](C)c2ccccn2)cc(S(=O)(=O)N(C)C)c1. The Kier molecular flexibility index (Phi) is 7.37. The van der Waals surface area contributed by atoms with Crippen molar-refractivity contribution in [2.24, 2.45) is 5.92 Å². The van der Waals surface area contributed by atoms with E-state index in [4.69, 9.17) is 0 Å². The third-order valence-electron chi connectivity index (χ3n) is 4.66. The third-order valence-corrected chi connectivity index (χ3v) is 6.46. The number of sulfonamides is 1. The van der Waals surface area contributed by atoms with Gasteiger partial charge in [-0.25, -0.2) is 12.7 Å². The Morgan fingerprint density at radius 3 is 2.34 bits per heavy atom. The molecule has 0 bridgehead atoms. The lowest BCUT2D eigenvalue weighted by molar-refractivity contribution is 0.0739. The molecule has 29 heavy (non-hydrogen) atoms. The summed E-state index contributed by atoms with van der Waals surface area (Å²) in [4.78, 5) is 19.1. The van der Waals surface area contributed by atoms with Crippen LogP contribution in [0, 0.1) is 5.92 Å². The molecule has 1 aromatic carbocycles. The molecule has 1 N–H and O–H groups in total. The molecule has 0 spiro atoms. The molecule has 7 nitrogen and oxygen atoms in total. The van der Waals surface area contributed by atoms with Crippen molar-refractivity contribution < 1.29 is 13.2 Å². The second kappa shape index (κ2) is 9.37. The molecule has 1 heterocycles. The van der Waals surface area contributed by atoms with Crippen LogP contribution in [0.1, 0.15) is 42.9 Å². The van der Waals surface area contributed by atoms with Crippen molar-refractivity contribution in [3.05, 3.63) is 53.9 Å². The number of pyridine rings is 1. The summed E-state index contributed by atoms with van der Waals surface area (Å²) in [6.45, 7) is 6.67. The second-order valence-electron chi connectivity index (χ2n) is 7.65. The first-order chi connectivity index (χ1) is 13.5. The summed E-state index contributed by atoms with van der Waals surface area (Å²) in [7, 11) is 0.954. The summed E-state index contributed by atoms with van der Waals surface area (Å²) < 4.78 is 26.5. The zero-order chi connectivity index (χ0) is 21.8. The normalized spacial score (nSPS) is 12.8. The Morgan fingerprint density at radius 2 is 1.79 bits per heavy atom. The van der Waals surface area contributed by atoms with Crippen molar-refractivity contribution >= 4 is 21.6 Å². The van der Waals surface area contributed by atoms with Crippen molar-refractivity contribution in [2.75, 3.05) is 33.0 Å². The standard InChI is InChI=1S/C21H30N4O3S/c1-15(2)14-23-18-11-17(12-19(13-18)29(27,28)24(4)5)21(26)25(6)16(3)20-9-7-8-10-22-20/h7-13,15-16,23H,14H2,1-6H3/t16-/m0/s1. The topological polar surface area (TPSA) is 82.6 Å². The fourth-order valence-electron chi connectivity index (χ4n) is 2.71. The maximum Gasteiger partial charge on any atom is 0.254 e. The van der Waals surface area contributed by atoms with Crippen LogP contribution in [0.4, 0.5) is 5.69 Å². The van der Waals surface area contributed by atoms with E-state index in [1.54, 1.807) is 30.3 Å². The van der Waals surface area contributed by atoms with Crippen LogP contribution in [0.2, 0.25) is 0 Å². The highest BCUT2D eigenvalue weighted by molar-refractivity contribution is 7.89. The highest BCUT2D eigenvalue weighted by Gasteiger charge is 2.24. The second-order valence-corrected chi connectivity index (χ2v) is 9.81. The van der Waals surface area contributed by atoms with Gasteiger partial charge in [-0.3, -0.25) is 9.78 Å². The maximum absolute atomic E-state index is 13.2. The molecule has 1 amide bonds. The van der Waals surface area contributed by atoms with E-state index in [2.05, 4.69) is 24.1 Å². The quantitative estimate of drug-likeness (QED) is 0.712. The lowest BCUT2D eigenvalue weighted by Gasteiger charge is -2.25. The van der Waals surface area contributed by atoms with Crippen LogP contribution in [0.25, 0.3) is 0 Å². The Balaban J connectivity index is 2.43. The molecule has 0 unspecified atom stereocenters. The Hall–Kier alpha value is -2.45. The van der Waals surface area contributed by atoms with Crippen molar-refractivity contribution in [3.63, 3.8) is 0 Å². The first kappa shape index (κ1) is 22.8. The van der Waals surface area contributed by atoms with Gasteiger partial charge in [-0.1, -0.05) is 19.9 Å². The van der Waals surface area contributed by atoms with Gasteiger partial charge in [0.2, 0.25) is 10.0 Å². The molecule has 0 fully saturated rings. The molecule has 0 aliphatic carbocycles. The van der Waals surface area contributed by atoms with Crippen LogP contribution in [-0.4, -0.2) is 56.2 Å². The summed E-state index contributed by atoms with van der Waals surface area (Å²) in [5.41, 5.74) is 1.67. The van der Waals surface area contributed by atoms with Crippen molar-refractivity contribution in [1.82, 2.24) is 14.2 Å². The van der Waals surface area contributed by atoms with E-state index in [0.29, 0.717) is 23.7 Å². The Bertz CT molecular complexity index is 944. The first-order valence-corrected chi connectivity index (χ1v) is 11.0. The molecule has 0 saturated carbocycles. The van der Waals surface area contributed by atoms with E-state index in [1.807, 2.05) is 25.1 Å². The average molecular weight is 419 g/mol. The minimum atomic E-state index is -3.68. The number of carbonyl (C=O) groups is 1. The van der Waals surface area contributed by atoms with Crippen molar-refractivity contribution in [1.29, 1.82) is 0 Å². The fraction of sp³-hybridized carbons (Fsp3) is 0.429. The van der Waals surface area contributed by atoms with Gasteiger partial charge in [-0.2, -0.15) is 0 Å². The van der Waals surface area contributed by atoms with E-state index in [1.165, 1.54) is 20.2 Å². The molecule has 1 atom stereocenters. The minimum Gasteiger partial charge on any atom is -0.385 e. The largest absolute Gasteiger partial charge is 0.385 e. The van der Waals surface area contributed by atoms with Crippen LogP contribution in [0.15, 0.2) is 47.5 Å². The van der Waals surface area contributed by atoms with Gasteiger partial charge in [0.05, 0.1) is 16.6 Å². The molecule has 0 aliphatic heterocycles. The van der Waals surface area contributed by atoms with Crippen molar-refractivity contribution in [2.45, 2.75) is 31.7 Å². The van der Waals surface area contributed by atoms with E-state index >= 15 is 0 Å². The molecule has 158 valence electrons. The van der Waals surface area contributed by atoms with Gasteiger partial charge in [-0.05, 0) is 43.2 Å². The predicted molar refractivity (Wildman–Crippen MR) is 115 cm³/mol. The summed E-state index contributed by atoms with van der Waals surface area (Å²) >= 11 is 0. The number of hydrogen-bond donors (Lipinski definition) is 1. The Labute approximate surface area is 173 Å². The number of rotatable bonds is 8. The lowest BCUT2D eigenvalue weighted by Crippen LogP contribution is -2.30. The number of carbonyl (C=O) groups excluding carboxylic acids is 1. The third kappa shape index (κ3) is 5.55. The molecule has 0 radical (unpaired) electrons. The molecule has 2 aromatic rings. The number of benzene rings is 1.